The summed E-state index contributed by atoms with van der Waals surface area (Å²) in [7, 11) is 0. The first-order chi connectivity index (χ1) is 1.73. The molecule has 0 saturated carbocycles. The monoisotopic (exact) mass is 224 g/mol. The summed E-state index contributed by atoms with van der Waals surface area (Å²) in [5.41, 5.74) is 0. The maximum Gasteiger partial charge on any atom is 1.00 e. The Hall–Kier alpha value is 1.84. The van der Waals surface area contributed by atoms with Gasteiger partial charge < -0.3 is 15.0 Å². The zero-order valence-electron chi connectivity index (χ0n) is 2.76. The number of rotatable bonds is 0. The largest absolute Gasteiger partial charge is 1.00 e. The Morgan fingerprint density at radius 2 is 1.67 bits per heavy atom. The average molecular weight is 223 g/mol. The first-order valence-corrected chi connectivity index (χ1v) is 0.632. The standard InChI is InChI=1S/CH2O3.Ba.Na.2H/c2-1(3)4;;;;/h(H2,2,3,4);;;;/q;;+1;;/p-1. The minimum atomic E-state index is -2.08. The van der Waals surface area contributed by atoms with E-state index in [0.29, 0.717) is 0 Å². The molecule has 0 spiro atoms. The van der Waals surface area contributed by atoms with Gasteiger partial charge in [-0.05, 0) is 0 Å². The summed E-state index contributed by atoms with van der Waals surface area (Å²) in [6.45, 7) is 0. The van der Waals surface area contributed by atoms with Gasteiger partial charge in [0.1, 0.15) is 0 Å². The van der Waals surface area contributed by atoms with Crippen molar-refractivity contribution in [3.63, 3.8) is 0 Å². The van der Waals surface area contributed by atoms with E-state index < -0.39 is 6.16 Å². The van der Waals surface area contributed by atoms with Crippen molar-refractivity contribution in [2.24, 2.45) is 0 Å². The van der Waals surface area contributed by atoms with Gasteiger partial charge in [-0.1, -0.05) is 0 Å². The molecule has 0 bridgehead atoms. The van der Waals surface area contributed by atoms with Crippen LogP contribution in [0.5, 0.6) is 0 Å². The van der Waals surface area contributed by atoms with E-state index in [1.54, 1.807) is 0 Å². The molecule has 3 nitrogen and oxygen atoms in total. The quantitative estimate of drug-likeness (QED) is 0.418. The Labute approximate surface area is 97.5 Å². The fourth-order valence-electron chi connectivity index (χ4n) is 0. The number of carboxylic acid groups (broad SMARTS) is 2. The molecule has 0 aromatic heterocycles. The molecule has 0 unspecified atom stereocenters. The van der Waals surface area contributed by atoms with Crippen molar-refractivity contribution in [3.8, 4) is 0 Å². The molecule has 0 fully saturated rings. The van der Waals surface area contributed by atoms with Crippen molar-refractivity contribution in [3.05, 3.63) is 0 Å². The Morgan fingerprint density at radius 3 is 1.67 bits per heavy atom. The van der Waals surface area contributed by atoms with E-state index in [1.165, 1.54) is 0 Å². The van der Waals surface area contributed by atoms with E-state index in [1.807, 2.05) is 0 Å². The summed E-state index contributed by atoms with van der Waals surface area (Å²) in [6.07, 6.45) is -2.08. The molecule has 0 rings (SSSR count). The Balaban J connectivity index is -0.0000000450. The van der Waals surface area contributed by atoms with Crippen LogP contribution in [0.15, 0.2) is 0 Å². The van der Waals surface area contributed by atoms with E-state index in [-0.39, 0.29) is 78.4 Å². The molecular formula is CH3BaNaO3. The molecule has 0 aliphatic carbocycles. The molecule has 0 aromatic carbocycles. The van der Waals surface area contributed by atoms with Gasteiger partial charge >= 0.3 is 78.4 Å². The molecule has 0 saturated heterocycles. The van der Waals surface area contributed by atoms with Crippen LogP contribution < -0.4 is 34.7 Å². The predicted octanol–water partition coefficient (Wildman–Crippen LogP) is -5.02. The summed E-state index contributed by atoms with van der Waals surface area (Å²) in [4.78, 5) is 8.44. The van der Waals surface area contributed by atoms with E-state index in [0.717, 1.165) is 0 Å². The summed E-state index contributed by atoms with van der Waals surface area (Å²) in [6, 6.07) is 0. The molecule has 0 aliphatic heterocycles. The first kappa shape index (κ1) is 15.7. The zero-order chi connectivity index (χ0) is 3.58. The Morgan fingerprint density at radius 1 is 1.67 bits per heavy atom. The van der Waals surface area contributed by atoms with E-state index >= 15 is 0 Å². The molecule has 28 valence electrons. The Bertz CT molecular complexity index is 33.8. The first-order valence-electron chi connectivity index (χ1n) is 0.632. The van der Waals surface area contributed by atoms with Crippen LogP contribution in [0.4, 0.5) is 4.79 Å². The van der Waals surface area contributed by atoms with Crippen LogP contribution in [-0.2, 0) is 0 Å². The number of carbonyl (C=O) groups is 1. The van der Waals surface area contributed by atoms with Gasteiger partial charge in [-0.15, -0.1) is 0 Å². The van der Waals surface area contributed by atoms with Crippen LogP contribution in [0.25, 0.3) is 0 Å². The topological polar surface area (TPSA) is 60.4 Å². The minimum Gasteiger partial charge on any atom is 1.00 e. The van der Waals surface area contributed by atoms with Gasteiger partial charge in [-0.2, -0.15) is 0 Å². The zero-order valence-corrected chi connectivity index (χ0v) is 4.76. The molecule has 0 aliphatic rings. The second-order valence-electron chi connectivity index (χ2n) is 0.266. The maximum absolute atomic E-state index is 8.44. The number of hydrogen-bond acceptors (Lipinski definition) is 2. The minimum absolute atomic E-state index is 0. The van der Waals surface area contributed by atoms with Gasteiger partial charge in [0.05, 0.1) is 0 Å². The van der Waals surface area contributed by atoms with Crippen molar-refractivity contribution in [1.82, 2.24) is 0 Å². The van der Waals surface area contributed by atoms with Gasteiger partial charge in [-0.3, -0.25) is 0 Å². The maximum atomic E-state index is 8.44. The molecule has 0 amide bonds. The summed E-state index contributed by atoms with van der Waals surface area (Å²) < 4.78 is 0. The molecule has 0 aromatic rings. The normalized spacial score (nSPS) is 4.00. The van der Waals surface area contributed by atoms with Crippen LogP contribution in [0.1, 0.15) is 0 Å². The van der Waals surface area contributed by atoms with Gasteiger partial charge in [0.2, 0.25) is 6.16 Å². The Kier molecular flexibility index (Phi) is 26.0. The average Bonchev–Trinajstić information content (AvgIpc) is 0.811. The van der Waals surface area contributed by atoms with Crippen molar-refractivity contribution in [2.75, 3.05) is 0 Å². The smallest absolute Gasteiger partial charge is 1.00 e. The van der Waals surface area contributed by atoms with Crippen LogP contribution in [0.3, 0.4) is 0 Å². The van der Waals surface area contributed by atoms with E-state index in [4.69, 9.17) is 15.0 Å². The van der Waals surface area contributed by atoms with Gasteiger partial charge in [0.25, 0.3) is 0 Å². The summed E-state index contributed by atoms with van der Waals surface area (Å²) >= 11 is 0. The van der Waals surface area contributed by atoms with Gasteiger partial charge in [0.15, 0.2) is 0 Å². The third-order valence-electron chi connectivity index (χ3n) is 0. The summed E-state index contributed by atoms with van der Waals surface area (Å²) in [5.74, 6) is 0. The molecule has 5 heteroatoms. The predicted molar refractivity (Wildman–Crippen MR) is 16.6 cm³/mol. The van der Waals surface area contributed by atoms with E-state index in [9.17, 15) is 0 Å². The number of hydrogen-bond donors (Lipinski definition) is 1. The third kappa shape index (κ3) is 40.4. The SMILES string of the molecule is O=C([O-])O.[BaH2].[Na+]. The molecule has 1 N–H and O–H groups in total. The fraction of sp³-hybridized carbons (Fsp3) is 0. The van der Waals surface area contributed by atoms with Crippen LogP contribution in [0.2, 0.25) is 0 Å². The van der Waals surface area contributed by atoms with Crippen molar-refractivity contribution >= 4 is 55.0 Å². The van der Waals surface area contributed by atoms with Crippen LogP contribution in [-0.4, -0.2) is 60.1 Å². The molecular weight excluding hydrogens is 220 g/mol. The third-order valence-corrected chi connectivity index (χ3v) is 0. The fourth-order valence-corrected chi connectivity index (χ4v) is 0. The van der Waals surface area contributed by atoms with Crippen LogP contribution in [0, 0.1) is 0 Å². The second-order valence-corrected chi connectivity index (χ2v) is 0.266. The van der Waals surface area contributed by atoms with Crippen molar-refractivity contribution in [2.45, 2.75) is 0 Å². The molecule has 0 radical (unpaired) electrons. The molecule has 0 atom stereocenters. The van der Waals surface area contributed by atoms with E-state index in [2.05, 4.69) is 0 Å². The van der Waals surface area contributed by atoms with Crippen LogP contribution >= 0.6 is 0 Å². The molecule has 6 heavy (non-hydrogen) atoms. The van der Waals surface area contributed by atoms with Gasteiger partial charge in [-0.25, -0.2) is 0 Å². The van der Waals surface area contributed by atoms with Crippen molar-refractivity contribution < 1.29 is 44.6 Å². The summed E-state index contributed by atoms with van der Waals surface area (Å²) in [5, 5.41) is 15.3. The second kappa shape index (κ2) is 9.96. The van der Waals surface area contributed by atoms with Crippen molar-refractivity contribution in [1.29, 1.82) is 0 Å². The van der Waals surface area contributed by atoms with Gasteiger partial charge in [0, 0.05) is 0 Å². The molecule has 0 heterocycles.